The van der Waals surface area contributed by atoms with Crippen molar-refractivity contribution in [1.29, 1.82) is 0 Å². The number of hydrogen-bond donors (Lipinski definition) is 2. The molecule has 0 aromatic heterocycles. The van der Waals surface area contributed by atoms with Gasteiger partial charge in [0.25, 0.3) is 0 Å². The summed E-state index contributed by atoms with van der Waals surface area (Å²) in [6.07, 6.45) is 5.54. The number of likely N-dealkylation sites (N-methyl/N-ethyl adjacent to an activating group) is 1. The summed E-state index contributed by atoms with van der Waals surface area (Å²) >= 11 is 0. The maximum atomic E-state index is 14.4. The molecular weight excluding hydrogens is 562 g/mol. The van der Waals surface area contributed by atoms with E-state index in [-0.39, 0.29) is 35.5 Å². The molecule has 0 radical (unpaired) electrons. The number of nitrogens with zero attached hydrogens (tertiary/aromatic N) is 3. The Bertz CT molecular complexity index is 1250. The van der Waals surface area contributed by atoms with Gasteiger partial charge in [-0.3, -0.25) is 24.1 Å². The molecule has 3 heterocycles. The van der Waals surface area contributed by atoms with Crippen LogP contribution in [0.25, 0.3) is 6.08 Å². The molecule has 44 heavy (non-hydrogen) atoms. The summed E-state index contributed by atoms with van der Waals surface area (Å²) in [7, 11) is 5.31. The van der Waals surface area contributed by atoms with Crippen molar-refractivity contribution in [3.05, 3.63) is 30.0 Å². The topological polar surface area (TPSA) is 121 Å². The number of likely N-dealkylation sites (tertiary alicyclic amines) is 1. The fourth-order valence-electron chi connectivity index (χ4n) is 6.68. The van der Waals surface area contributed by atoms with Gasteiger partial charge < -0.3 is 29.9 Å². The molecule has 11 nitrogen and oxygen atoms in total. The van der Waals surface area contributed by atoms with Crippen molar-refractivity contribution < 1.29 is 28.7 Å². The number of hydrogen-bond acceptors (Lipinski definition) is 7. The predicted molar refractivity (Wildman–Crippen MR) is 168 cm³/mol. The molecule has 2 fully saturated rings. The van der Waals surface area contributed by atoms with Crippen LogP contribution < -0.4 is 20.1 Å². The average molecular weight is 612 g/mol. The van der Waals surface area contributed by atoms with Crippen molar-refractivity contribution in [3.63, 3.8) is 0 Å². The molecule has 4 amide bonds. The van der Waals surface area contributed by atoms with E-state index in [4.69, 9.17) is 9.47 Å². The SMILES string of the molecule is CC[C@H](C)[C@H](C(=O)N[C@@H](CC(C)C)C(=O)N1CC[C@@H]2Oc3ccc(OC)c(c3)/C=C/NC(=O)[C@@H]3CCCN3C(=O)[C@H]21)N(C)C. The molecule has 2 N–H and O–H groups in total. The summed E-state index contributed by atoms with van der Waals surface area (Å²) in [5.41, 5.74) is 0.707. The first-order valence-corrected chi connectivity index (χ1v) is 15.9. The number of rotatable bonds is 9. The smallest absolute Gasteiger partial charge is 0.249 e. The van der Waals surface area contributed by atoms with Crippen LogP contribution >= 0.6 is 0 Å². The Morgan fingerprint density at radius 3 is 2.57 bits per heavy atom. The number of amides is 4. The maximum absolute atomic E-state index is 14.4. The molecule has 0 saturated carbocycles. The summed E-state index contributed by atoms with van der Waals surface area (Å²) in [5, 5.41) is 5.88. The predicted octanol–water partition coefficient (Wildman–Crippen LogP) is 2.64. The molecular formula is C33H49N5O6. The molecule has 4 rings (SSSR count). The summed E-state index contributed by atoms with van der Waals surface area (Å²) in [6.45, 7) is 8.79. The highest BCUT2D eigenvalue weighted by Gasteiger charge is 2.49. The molecule has 6 atom stereocenters. The van der Waals surface area contributed by atoms with Gasteiger partial charge in [-0.1, -0.05) is 34.1 Å². The van der Waals surface area contributed by atoms with Crippen LogP contribution in [0.1, 0.15) is 65.4 Å². The van der Waals surface area contributed by atoms with E-state index in [1.165, 1.54) is 0 Å². The number of nitrogens with one attached hydrogen (secondary N) is 2. The second-order valence-corrected chi connectivity index (χ2v) is 12.8. The Morgan fingerprint density at radius 2 is 1.91 bits per heavy atom. The van der Waals surface area contributed by atoms with E-state index >= 15 is 0 Å². The lowest BCUT2D eigenvalue weighted by atomic mass is 9.96. The summed E-state index contributed by atoms with van der Waals surface area (Å²) in [5.74, 6) is 0.245. The zero-order chi connectivity index (χ0) is 32.1. The van der Waals surface area contributed by atoms with E-state index in [9.17, 15) is 19.2 Å². The number of ether oxygens (including phenoxy) is 2. The molecule has 0 unspecified atom stereocenters. The molecule has 1 aromatic rings. The Hall–Kier alpha value is -3.60. The van der Waals surface area contributed by atoms with Crippen molar-refractivity contribution in [1.82, 2.24) is 25.3 Å². The highest BCUT2D eigenvalue weighted by atomic mass is 16.5. The van der Waals surface area contributed by atoms with E-state index in [2.05, 4.69) is 10.6 Å². The number of fused-ring (bicyclic) bond motifs is 4. The van der Waals surface area contributed by atoms with Gasteiger partial charge in [-0.25, -0.2) is 0 Å². The lowest BCUT2D eigenvalue weighted by Gasteiger charge is -2.36. The highest BCUT2D eigenvalue weighted by molar-refractivity contribution is 5.96. The second kappa shape index (κ2) is 14.5. The first-order chi connectivity index (χ1) is 21.0. The summed E-state index contributed by atoms with van der Waals surface area (Å²) in [6, 6.07) is 2.54. The van der Waals surface area contributed by atoms with Gasteiger partial charge in [-0.2, -0.15) is 0 Å². The molecule has 242 valence electrons. The van der Waals surface area contributed by atoms with Crippen LogP contribution in [-0.4, -0.2) is 103 Å². The molecule has 0 aliphatic carbocycles. The van der Waals surface area contributed by atoms with Crippen LogP contribution in [0.4, 0.5) is 0 Å². The minimum Gasteiger partial charge on any atom is -0.496 e. The zero-order valence-electron chi connectivity index (χ0n) is 27.2. The lowest BCUT2D eigenvalue weighted by molar-refractivity contribution is -0.150. The Labute approximate surface area is 261 Å². The van der Waals surface area contributed by atoms with Crippen LogP contribution in [0.3, 0.4) is 0 Å². The molecule has 3 aliphatic heterocycles. The van der Waals surface area contributed by atoms with Crippen molar-refractivity contribution in [2.75, 3.05) is 34.3 Å². The van der Waals surface area contributed by atoms with Crippen molar-refractivity contribution >= 4 is 29.7 Å². The number of benzene rings is 1. The Balaban J connectivity index is 1.69. The summed E-state index contributed by atoms with van der Waals surface area (Å²) in [4.78, 5) is 60.5. The second-order valence-electron chi connectivity index (χ2n) is 12.8. The van der Waals surface area contributed by atoms with Gasteiger partial charge in [0.05, 0.1) is 13.2 Å². The monoisotopic (exact) mass is 611 g/mol. The van der Waals surface area contributed by atoms with Crippen molar-refractivity contribution in [2.45, 2.75) is 90.1 Å². The first kappa shape index (κ1) is 33.3. The minimum absolute atomic E-state index is 0.0865. The van der Waals surface area contributed by atoms with E-state index in [1.807, 2.05) is 46.7 Å². The van der Waals surface area contributed by atoms with Gasteiger partial charge in [0.2, 0.25) is 23.6 Å². The van der Waals surface area contributed by atoms with Crippen molar-refractivity contribution in [3.8, 4) is 11.5 Å². The fraction of sp³-hybridized carbons (Fsp3) is 0.636. The molecule has 2 saturated heterocycles. The van der Waals surface area contributed by atoms with Gasteiger partial charge in [-0.15, -0.1) is 0 Å². The standard InChI is InChI=1S/C33H49N5O6/c1-8-21(4)28(36(5)6)31(40)35-24(18-20(2)3)32(41)38-17-14-27-29(38)33(42)37-16-9-10-25(37)30(39)34-15-13-22-19-23(44-27)11-12-26(22)43-7/h11-13,15,19-21,24-25,27-29H,8-10,14,16-18H2,1-7H3,(H,34,39)(H,35,40)/b15-13+/t21-,24-,25-,27-,28+,29-/m0/s1. The van der Waals surface area contributed by atoms with Gasteiger partial charge >= 0.3 is 0 Å². The van der Waals surface area contributed by atoms with E-state index in [0.717, 1.165) is 6.42 Å². The Kier molecular flexibility index (Phi) is 10.9. The van der Waals surface area contributed by atoms with Gasteiger partial charge in [0.1, 0.15) is 35.7 Å². The van der Waals surface area contributed by atoms with E-state index in [0.29, 0.717) is 55.8 Å². The third-order valence-electron chi connectivity index (χ3n) is 9.02. The zero-order valence-corrected chi connectivity index (χ0v) is 27.2. The van der Waals surface area contributed by atoms with Crippen LogP contribution in [-0.2, 0) is 19.2 Å². The molecule has 1 aromatic carbocycles. The molecule has 11 heteroatoms. The van der Waals surface area contributed by atoms with Crippen LogP contribution in [0.5, 0.6) is 11.5 Å². The average Bonchev–Trinajstić information content (AvgIpc) is 3.63. The van der Waals surface area contributed by atoms with E-state index in [1.54, 1.807) is 47.4 Å². The van der Waals surface area contributed by atoms with Crippen LogP contribution in [0.15, 0.2) is 24.4 Å². The van der Waals surface area contributed by atoms with Crippen LogP contribution in [0.2, 0.25) is 0 Å². The van der Waals surface area contributed by atoms with Crippen molar-refractivity contribution in [2.24, 2.45) is 11.8 Å². The quantitative estimate of drug-likeness (QED) is 0.441. The van der Waals surface area contributed by atoms with Gasteiger partial charge in [0, 0.05) is 31.3 Å². The third kappa shape index (κ3) is 7.20. The first-order valence-electron chi connectivity index (χ1n) is 15.9. The lowest BCUT2D eigenvalue weighted by Crippen LogP contribution is -2.60. The fourth-order valence-corrected chi connectivity index (χ4v) is 6.68. The number of carbonyl (C=O) groups excluding carboxylic acids is 4. The summed E-state index contributed by atoms with van der Waals surface area (Å²) < 4.78 is 11.9. The maximum Gasteiger partial charge on any atom is 0.249 e. The number of carbonyl (C=O) groups is 4. The van der Waals surface area contributed by atoms with Gasteiger partial charge in [-0.05, 0) is 69.5 Å². The minimum atomic E-state index is -0.944. The Morgan fingerprint density at radius 1 is 1.16 bits per heavy atom. The van der Waals surface area contributed by atoms with Gasteiger partial charge in [0.15, 0.2) is 0 Å². The largest absolute Gasteiger partial charge is 0.496 e. The molecule has 0 spiro atoms. The third-order valence-corrected chi connectivity index (χ3v) is 9.02. The number of methoxy groups -OCH3 is 1. The highest BCUT2D eigenvalue weighted by Crippen LogP contribution is 2.32. The molecule has 3 aliphatic rings. The normalized spacial score (nSPS) is 24.6. The molecule has 2 bridgehead atoms. The van der Waals surface area contributed by atoms with E-state index < -0.39 is 30.3 Å². The van der Waals surface area contributed by atoms with Crippen LogP contribution in [0, 0.1) is 11.8 Å².